The number of anilines is 2. The molecule has 1 saturated carbocycles. The SMILES string of the molecule is CC1CCCC(C)N1S(=O)(=O)c1ccc(NC(=O)c2ccc(NC(=O)C3CC3)s2)cc1. The van der Waals surface area contributed by atoms with Gasteiger partial charge in [0.15, 0.2) is 0 Å². The number of carbonyl (C=O) groups is 2. The van der Waals surface area contributed by atoms with E-state index in [1.165, 1.54) is 23.5 Å². The molecule has 166 valence electrons. The Kier molecular flexibility index (Phi) is 6.18. The first kappa shape index (κ1) is 22.0. The molecule has 2 heterocycles. The monoisotopic (exact) mass is 461 g/mol. The second-order valence-electron chi connectivity index (χ2n) is 8.37. The fourth-order valence-electron chi connectivity index (χ4n) is 3.99. The van der Waals surface area contributed by atoms with Crippen LogP contribution < -0.4 is 10.6 Å². The second-order valence-corrected chi connectivity index (χ2v) is 11.3. The van der Waals surface area contributed by atoms with Crippen molar-refractivity contribution < 1.29 is 18.0 Å². The van der Waals surface area contributed by atoms with E-state index in [2.05, 4.69) is 10.6 Å². The van der Waals surface area contributed by atoms with Gasteiger partial charge >= 0.3 is 0 Å². The first-order valence-electron chi connectivity index (χ1n) is 10.6. The quantitative estimate of drug-likeness (QED) is 0.670. The maximum Gasteiger partial charge on any atom is 0.265 e. The van der Waals surface area contributed by atoms with Gasteiger partial charge in [-0.2, -0.15) is 4.31 Å². The summed E-state index contributed by atoms with van der Waals surface area (Å²) >= 11 is 1.21. The van der Waals surface area contributed by atoms with Crippen molar-refractivity contribution in [1.82, 2.24) is 4.31 Å². The summed E-state index contributed by atoms with van der Waals surface area (Å²) < 4.78 is 27.8. The van der Waals surface area contributed by atoms with Crippen LogP contribution in [-0.2, 0) is 14.8 Å². The normalized spacial score (nSPS) is 22.1. The fraction of sp³-hybridized carbons (Fsp3) is 0.455. The summed E-state index contributed by atoms with van der Waals surface area (Å²) in [6.07, 6.45) is 4.61. The van der Waals surface area contributed by atoms with Crippen molar-refractivity contribution in [1.29, 1.82) is 0 Å². The molecule has 4 rings (SSSR count). The number of rotatable bonds is 6. The molecule has 0 bridgehead atoms. The lowest BCUT2D eigenvalue weighted by atomic mass is 10.0. The number of hydrogen-bond donors (Lipinski definition) is 2. The Labute approximate surface area is 186 Å². The number of thiophene rings is 1. The van der Waals surface area contributed by atoms with E-state index < -0.39 is 10.0 Å². The molecule has 7 nitrogen and oxygen atoms in total. The van der Waals surface area contributed by atoms with Gasteiger partial charge < -0.3 is 10.6 Å². The largest absolute Gasteiger partial charge is 0.321 e. The van der Waals surface area contributed by atoms with Crippen LogP contribution in [0, 0.1) is 5.92 Å². The van der Waals surface area contributed by atoms with E-state index in [0.717, 1.165) is 32.1 Å². The molecule has 2 atom stereocenters. The molecule has 1 aliphatic carbocycles. The fourth-order valence-corrected chi connectivity index (χ4v) is 6.68. The molecular weight excluding hydrogens is 434 g/mol. The van der Waals surface area contributed by atoms with Crippen LogP contribution in [0.25, 0.3) is 0 Å². The Hall–Kier alpha value is -2.23. The van der Waals surface area contributed by atoms with Crippen LogP contribution in [0.2, 0.25) is 0 Å². The van der Waals surface area contributed by atoms with Crippen molar-refractivity contribution in [3.63, 3.8) is 0 Å². The third-order valence-electron chi connectivity index (χ3n) is 5.82. The number of nitrogens with zero attached hydrogens (tertiary/aromatic N) is 1. The highest BCUT2D eigenvalue weighted by Gasteiger charge is 2.35. The molecule has 1 aromatic heterocycles. The summed E-state index contributed by atoms with van der Waals surface area (Å²) in [4.78, 5) is 25.1. The van der Waals surface area contributed by atoms with E-state index in [1.54, 1.807) is 28.6 Å². The van der Waals surface area contributed by atoms with Crippen LogP contribution >= 0.6 is 11.3 Å². The molecule has 0 radical (unpaired) electrons. The second kappa shape index (κ2) is 8.72. The minimum atomic E-state index is -3.59. The Morgan fingerprint density at radius 1 is 0.935 bits per heavy atom. The predicted octanol–water partition coefficient (Wildman–Crippen LogP) is 4.30. The molecule has 1 aliphatic heterocycles. The standard InChI is InChI=1S/C22H27N3O4S2/c1-14-4-3-5-15(2)25(14)31(28,29)18-10-8-17(9-11-18)23-22(27)19-12-13-20(30-19)24-21(26)16-6-7-16/h8-16H,3-7H2,1-2H3,(H,23,27)(H,24,26). The smallest absolute Gasteiger partial charge is 0.265 e. The molecule has 31 heavy (non-hydrogen) atoms. The summed E-state index contributed by atoms with van der Waals surface area (Å²) in [5.41, 5.74) is 0.514. The molecule has 1 saturated heterocycles. The lowest BCUT2D eigenvalue weighted by Crippen LogP contribution is -2.47. The van der Waals surface area contributed by atoms with E-state index in [0.29, 0.717) is 15.6 Å². The molecule has 2 unspecified atom stereocenters. The number of benzene rings is 1. The molecule has 2 aromatic rings. The van der Waals surface area contributed by atoms with Gasteiger partial charge in [0.05, 0.1) is 14.8 Å². The van der Waals surface area contributed by atoms with E-state index in [1.807, 2.05) is 13.8 Å². The molecule has 2 N–H and O–H groups in total. The molecule has 1 aromatic carbocycles. The lowest BCUT2D eigenvalue weighted by Gasteiger charge is -2.37. The van der Waals surface area contributed by atoms with Gasteiger partial charge in [-0.1, -0.05) is 6.42 Å². The van der Waals surface area contributed by atoms with Crippen molar-refractivity contribution in [3.05, 3.63) is 41.3 Å². The number of carbonyl (C=O) groups excluding carboxylic acids is 2. The van der Waals surface area contributed by atoms with Gasteiger partial charge in [-0.05, 0) is 75.9 Å². The summed E-state index contributed by atoms with van der Waals surface area (Å²) in [7, 11) is -3.59. The van der Waals surface area contributed by atoms with Gasteiger partial charge in [0.25, 0.3) is 5.91 Å². The highest BCUT2D eigenvalue weighted by molar-refractivity contribution is 7.89. The van der Waals surface area contributed by atoms with Crippen molar-refractivity contribution in [2.24, 2.45) is 5.92 Å². The molecule has 2 amide bonds. The number of hydrogen-bond acceptors (Lipinski definition) is 5. The van der Waals surface area contributed by atoms with Crippen LogP contribution in [0.15, 0.2) is 41.3 Å². The van der Waals surface area contributed by atoms with Gasteiger partial charge in [-0.3, -0.25) is 9.59 Å². The van der Waals surface area contributed by atoms with Crippen molar-refractivity contribution in [3.8, 4) is 0 Å². The summed E-state index contributed by atoms with van der Waals surface area (Å²) in [6.45, 7) is 3.90. The van der Waals surface area contributed by atoms with E-state index >= 15 is 0 Å². The Morgan fingerprint density at radius 2 is 1.58 bits per heavy atom. The minimum Gasteiger partial charge on any atom is -0.321 e. The zero-order valence-electron chi connectivity index (χ0n) is 17.6. The predicted molar refractivity (Wildman–Crippen MR) is 122 cm³/mol. The first-order chi connectivity index (χ1) is 14.8. The summed E-state index contributed by atoms with van der Waals surface area (Å²) in [5, 5.41) is 6.27. The van der Waals surface area contributed by atoms with Gasteiger partial charge in [-0.15, -0.1) is 11.3 Å². The lowest BCUT2D eigenvalue weighted by molar-refractivity contribution is -0.117. The first-order valence-corrected chi connectivity index (χ1v) is 12.9. The van der Waals surface area contributed by atoms with Crippen LogP contribution in [0.3, 0.4) is 0 Å². The summed E-state index contributed by atoms with van der Waals surface area (Å²) in [5.74, 6) is -0.196. The highest BCUT2D eigenvalue weighted by Crippen LogP contribution is 2.32. The molecule has 2 aliphatic rings. The van der Waals surface area contributed by atoms with Gasteiger partial charge in [-0.25, -0.2) is 8.42 Å². The molecular formula is C22H27N3O4S2. The van der Waals surface area contributed by atoms with E-state index in [-0.39, 0.29) is 34.7 Å². The van der Waals surface area contributed by atoms with Crippen molar-refractivity contribution in [2.75, 3.05) is 10.6 Å². The third kappa shape index (κ3) is 4.83. The van der Waals surface area contributed by atoms with Gasteiger partial charge in [0.2, 0.25) is 15.9 Å². The highest BCUT2D eigenvalue weighted by atomic mass is 32.2. The van der Waals surface area contributed by atoms with Gasteiger partial charge in [0.1, 0.15) is 0 Å². The van der Waals surface area contributed by atoms with Crippen LogP contribution in [0.1, 0.15) is 55.6 Å². The van der Waals surface area contributed by atoms with Gasteiger partial charge in [0, 0.05) is 23.7 Å². The number of amides is 2. The van der Waals surface area contributed by atoms with E-state index in [9.17, 15) is 18.0 Å². The van der Waals surface area contributed by atoms with Crippen LogP contribution in [0.4, 0.5) is 10.7 Å². The zero-order valence-corrected chi connectivity index (χ0v) is 19.3. The van der Waals surface area contributed by atoms with E-state index in [4.69, 9.17) is 0 Å². The molecule has 9 heteroatoms. The van der Waals surface area contributed by atoms with Crippen molar-refractivity contribution in [2.45, 2.75) is 62.9 Å². The zero-order chi connectivity index (χ0) is 22.2. The number of nitrogens with one attached hydrogen (secondary N) is 2. The topological polar surface area (TPSA) is 95.6 Å². The maximum atomic E-state index is 13.1. The number of piperidine rings is 1. The summed E-state index contributed by atoms with van der Waals surface area (Å²) in [6, 6.07) is 9.62. The Morgan fingerprint density at radius 3 is 2.19 bits per heavy atom. The Bertz CT molecular complexity index is 1060. The molecule has 2 fully saturated rings. The number of sulfonamides is 1. The maximum absolute atomic E-state index is 13.1. The average Bonchev–Trinajstić information content (AvgIpc) is 3.47. The Balaban J connectivity index is 1.42. The van der Waals surface area contributed by atoms with Crippen molar-refractivity contribution >= 4 is 43.9 Å². The average molecular weight is 462 g/mol. The minimum absolute atomic E-state index is 0.00273. The third-order valence-corrected chi connectivity index (χ3v) is 8.97. The van der Waals surface area contributed by atoms with Crippen LogP contribution in [0.5, 0.6) is 0 Å². The molecule has 0 spiro atoms. The van der Waals surface area contributed by atoms with Crippen LogP contribution in [-0.4, -0.2) is 36.6 Å².